The SMILES string of the molecule is CCC(C)N1C(=O)CC(NCCn2cccn2)C1=O. The van der Waals surface area contributed by atoms with Gasteiger partial charge in [-0.25, -0.2) is 0 Å². The molecular formula is C13H20N4O2. The van der Waals surface area contributed by atoms with E-state index in [0.717, 1.165) is 6.42 Å². The number of aromatic nitrogens is 2. The van der Waals surface area contributed by atoms with E-state index in [9.17, 15) is 9.59 Å². The molecular weight excluding hydrogens is 244 g/mol. The van der Waals surface area contributed by atoms with Crippen LogP contribution in [0.25, 0.3) is 0 Å². The summed E-state index contributed by atoms with van der Waals surface area (Å²) in [6.07, 6.45) is 4.64. The van der Waals surface area contributed by atoms with Crippen LogP contribution in [0.1, 0.15) is 26.7 Å². The number of likely N-dealkylation sites (tertiary alicyclic amines) is 1. The van der Waals surface area contributed by atoms with Gasteiger partial charge >= 0.3 is 0 Å². The lowest BCUT2D eigenvalue weighted by Gasteiger charge is -2.21. The van der Waals surface area contributed by atoms with E-state index in [-0.39, 0.29) is 30.3 Å². The molecule has 2 amide bonds. The first-order valence-corrected chi connectivity index (χ1v) is 6.70. The summed E-state index contributed by atoms with van der Waals surface area (Å²) in [5, 5.41) is 7.22. The number of amides is 2. The standard InChI is InChI=1S/C13H20N4O2/c1-3-10(2)17-12(18)9-11(13(17)19)14-6-8-16-7-4-5-15-16/h4-5,7,10-11,14H,3,6,8-9H2,1-2H3. The van der Waals surface area contributed by atoms with Crippen LogP contribution in [0.4, 0.5) is 0 Å². The third-order valence-electron chi connectivity index (χ3n) is 3.51. The molecule has 0 spiro atoms. The van der Waals surface area contributed by atoms with Crippen molar-refractivity contribution in [3.8, 4) is 0 Å². The molecule has 2 heterocycles. The maximum atomic E-state index is 12.1. The third-order valence-corrected chi connectivity index (χ3v) is 3.51. The molecule has 0 aliphatic carbocycles. The summed E-state index contributed by atoms with van der Waals surface area (Å²) in [6, 6.07) is 1.46. The van der Waals surface area contributed by atoms with Crippen LogP contribution in [0, 0.1) is 0 Å². The number of hydrogen-bond donors (Lipinski definition) is 1. The van der Waals surface area contributed by atoms with Crippen molar-refractivity contribution >= 4 is 11.8 Å². The fourth-order valence-electron chi connectivity index (χ4n) is 2.24. The average Bonchev–Trinajstić information content (AvgIpc) is 2.98. The molecule has 6 heteroatoms. The number of nitrogens with zero attached hydrogens (tertiary/aromatic N) is 3. The zero-order chi connectivity index (χ0) is 13.8. The lowest BCUT2D eigenvalue weighted by molar-refractivity contribution is -0.141. The Kier molecular flexibility index (Phi) is 4.31. The Hall–Kier alpha value is -1.69. The van der Waals surface area contributed by atoms with Crippen molar-refractivity contribution in [2.75, 3.05) is 6.54 Å². The van der Waals surface area contributed by atoms with Crippen LogP contribution in [-0.4, -0.2) is 45.1 Å². The Morgan fingerprint density at radius 1 is 1.53 bits per heavy atom. The Balaban J connectivity index is 1.85. The molecule has 0 aromatic carbocycles. The number of hydrogen-bond acceptors (Lipinski definition) is 4. The van der Waals surface area contributed by atoms with Gasteiger partial charge in [-0.2, -0.15) is 5.10 Å². The molecule has 1 fully saturated rings. The highest BCUT2D eigenvalue weighted by molar-refractivity contribution is 6.05. The van der Waals surface area contributed by atoms with Gasteiger partial charge in [-0.3, -0.25) is 19.2 Å². The monoisotopic (exact) mass is 264 g/mol. The summed E-state index contributed by atoms with van der Waals surface area (Å²) in [6.45, 7) is 5.19. The maximum Gasteiger partial charge on any atom is 0.247 e. The first-order chi connectivity index (χ1) is 9.13. The summed E-state index contributed by atoms with van der Waals surface area (Å²) in [4.78, 5) is 25.4. The van der Waals surface area contributed by atoms with Gasteiger partial charge < -0.3 is 5.32 Å². The van der Waals surface area contributed by atoms with E-state index in [4.69, 9.17) is 0 Å². The topological polar surface area (TPSA) is 67.2 Å². The molecule has 0 radical (unpaired) electrons. The summed E-state index contributed by atoms with van der Waals surface area (Å²) in [5.74, 6) is -0.171. The van der Waals surface area contributed by atoms with Crippen LogP contribution in [0.15, 0.2) is 18.5 Å². The predicted molar refractivity (Wildman–Crippen MR) is 70.2 cm³/mol. The van der Waals surface area contributed by atoms with Crippen LogP contribution in [-0.2, 0) is 16.1 Å². The van der Waals surface area contributed by atoms with Gasteiger partial charge in [-0.05, 0) is 19.4 Å². The molecule has 0 saturated carbocycles. The average molecular weight is 264 g/mol. The zero-order valence-corrected chi connectivity index (χ0v) is 11.4. The van der Waals surface area contributed by atoms with Crippen LogP contribution < -0.4 is 5.32 Å². The maximum absolute atomic E-state index is 12.1. The molecule has 1 aliphatic heterocycles. The highest BCUT2D eigenvalue weighted by Gasteiger charge is 2.40. The second-order valence-electron chi connectivity index (χ2n) is 4.84. The molecule has 0 bridgehead atoms. The van der Waals surface area contributed by atoms with Crippen molar-refractivity contribution < 1.29 is 9.59 Å². The van der Waals surface area contributed by atoms with Crippen molar-refractivity contribution in [2.45, 2.75) is 45.3 Å². The fourth-order valence-corrected chi connectivity index (χ4v) is 2.24. The molecule has 6 nitrogen and oxygen atoms in total. The van der Waals surface area contributed by atoms with E-state index in [1.165, 1.54) is 4.90 Å². The van der Waals surface area contributed by atoms with Crippen molar-refractivity contribution in [3.05, 3.63) is 18.5 Å². The quantitative estimate of drug-likeness (QED) is 0.755. The molecule has 1 aromatic heterocycles. The summed E-state index contributed by atoms with van der Waals surface area (Å²) >= 11 is 0. The summed E-state index contributed by atoms with van der Waals surface area (Å²) in [7, 11) is 0. The van der Waals surface area contributed by atoms with Gasteiger partial charge in [0, 0.05) is 25.0 Å². The van der Waals surface area contributed by atoms with E-state index < -0.39 is 0 Å². The lowest BCUT2D eigenvalue weighted by atomic mass is 10.2. The zero-order valence-electron chi connectivity index (χ0n) is 11.4. The van der Waals surface area contributed by atoms with Gasteiger partial charge in [0.05, 0.1) is 19.0 Å². The van der Waals surface area contributed by atoms with Crippen molar-refractivity contribution in [1.82, 2.24) is 20.0 Å². The van der Waals surface area contributed by atoms with Crippen LogP contribution >= 0.6 is 0 Å². The molecule has 104 valence electrons. The third kappa shape index (κ3) is 3.01. The molecule has 1 saturated heterocycles. The number of carbonyl (C=O) groups excluding carboxylic acids is 2. The number of nitrogens with one attached hydrogen (secondary N) is 1. The Morgan fingerprint density at radius 2 is 2.32 bits per heavy atom. The van der Waals surface area contributed by atoms with E-state index >= 15 is 0 Å². The van der Waals surface area contributed by atoms with Gasteiger partial charge in [0.2, 0.25) is 11.8 Å². The van der Waals surface area contributed by atoms with Gasteiger partial charge in [0.15, 0.2) is 0 Å². The van der Waals surface area contributed by atoms with Crippen molar-refractivity contribution in [2.24, 2.45) is 0 Å². The number of carbonyl (C=O) groups is 2. The van der Waals surface area contributed by atoms with Crippen molar-refractivity contribution in [1.29, 1.82) is 0 Å². The molecule has 1 aromatic rings. The van der Waals surface area contributed by atoms with E-state index in [1.807, 2.05) is 26.1 Å². The van der Waals surface area contributed by atoms with Gasteiger partial charge in [-0.15, -0.1) is 0 Å². The van der Waals surface area contributed by atoms with Crippen LogP contribution in [0.2, 0.25) is 0 Å². The van der Waals surface area contributed by atoms with Gasteiger partial charge in [0.25, 0.3) is 0 Å². The minimum Gasteiger partial charge on any atom is -0.304 e. The molecule has 2 rings (SSSR count). The summed E-state index contributed by atoms with van der Waals surface area (Å²) < 4.78 is 1.79. The van der Waals surface area contributed by atoms with Crippen molar-refractivity contribution in [3.63, 3.8) is 0 Å². The summed E-state index contributed by atoms with van der Waals surface area (Å²) in [5.41, 5.74) is 0. The second kappa shape index (κ2) is 5.97. The normalized spacial score (nSPS) is 21.2. The first kappa shape index (κ1) is 13.7. The molecule has 1 N–H and O–H groups in total. The first-order valence-electron chi connectivity index (χ1n) is 6.70. The Bertz CT molecular complexity index is 444. The minimum atomic E-state index is -0.378. The fraction of sp³-hybridized carbons (Fsp3) is 0.615. The number of rotatable bonds is 6. The minimum absolute atomic E-state index is 0.0158. The molecule has 2 atom stereocenters. The highest BCUT2D eigenvalue weighted by Crippen LogP contribution is 2.17. The van der Waals surface area contributed by atoms with E-state index in [1.54, 1.807) is 10.9 Å². The highest BCUT2D eigenvalue weighted by atomic mass is 16.2. The lowest BCUT2D eigenvalue weighted by Crippen LogP contribution is -2.43. The second-order valence-corrected chi connectivity index (χ2v) is 4.84. The van der Waals surface area contributed by atoms with Gasteiger partial charge in [-0.1, -0.05) is 6.92 Å². The Labute approximate surface area is 112 Å². The van der Waals surface area contributed by atoms with E-state index in [2.05, 4.69) is 10.4 Å². The molecule has 2 unspecified atom stereocenters. The Morgan fingerprint density at radius 3 is 2.95 bits per heavy atom. The molecule has 1 aliphatic rings. The largest absolute Gasteiger partial charge is 0.304 e. The predicted octanol–water partition coefficient (Wildman–Crippen LogP) is 0.399. The smallest absolute Gasteiger partial charge is 0.247 e. The number of imide groups is 1. The van der Waals surface area contributed by atoms with Crippen LogP contribution in [0.3, 0.4) is 0 Å². The molecule has 19 heavy (non-hydrogen) atoms. The van der Waals surface area contributed by atoms with Gasteiger partial charge in [0.1, 0.15) is 0 Å². The van der Waals surface area contributed by atoms with Crippen LogP contribution in [0.5, 0.6) is 0 Å². The van der Waals surface area contributed by atoms with E-state index in [0.29, 0.717) is 13.1 Å².